The number of hydrogen-bond donors (Lipinski definition) is 1. The Kier molecular flexibility index (Phi) is 2.72. The summed E-state index contributed by atoms with van der Waals surface area (Å²) in [5.41, 5.74) is 1.33. The van der Waals surface area contributed by atoms with Gasteiger partial charge in [0.2, 0.25) is 0 Å². The maximum absolute atomic E-state index is 4.86. The van der Waals surface area contributed by atoms with Crippen molar-refractivity contribution in [1.29, 1.82) is 0 Å². The van der Waals surface area contributed by atoms with Crippen LogP contribution in [0.2, 0.25) is 0 Å². The van der Waals surface area contributed by atoms with Crippen molar-refractivity contribution in [2.75, 3.05) is 6.54 Å². The van der Waals surface area contributed by atoms with Gasteiger partial charge in [-0.15, -0.1) is 0 Å². The molecule has 0 amide bonds. The van der Waals surface area contributed by atoms with Gasteiger partial charge in [0.05, 0.1) is 11.7 Å². The molecule has 16 heavy (non-hydrogen) atoms. The Morgan fingerprint density at radius 2 is 2.12 bits per heavy atom. The molecule has 1 aliphatic carbocycles. The molecule has 1 aromatic rings. The molecule has 0 spiro atoms. The second-order valence-corrected chi connectivity index (χ2v) is 5.27. The predicted molar refractivity (Wildman–Crippen MR) is 64.4 cm³/mol. The molecule has 3 heteroatoms. The minimum Gasteiger partial charge on any atom is -0.336 e. The number of piperidine rings is 1. The molecule has 0 bridgehead atoms. The molecule has 0 radical (unpaired) electrons. The molecule has 88 valence electrons. The van der Waals surface area contributed by atoms with E-state index in [1.54, 1.807) is 0 Å². The fourth-order valence-corrected chi connectivity index (χ4v) is 2.80. The normalized spacial score (nSPS) is 26.7. The van der Waals surface area contributed by atoms with Gasteiger partial charge in [-0.3, -0.25) is 0 Å². The van der Waals surface area contributed by atoms with E-state index < -0.39 is 0 Å². The third kappa shape index (κ3) is 1.77. The summed E-state index contributed by atoms with van der Waals surface area (Å²) in [6.07, 6.45) is 10.2. The van der Waals surface area contributed by atoms with Crippen molar-refractivity contribution in [2.24, 2.45) is 7.05 Å². The predicted octanol–water partition coefficient (Wildman–Crippen LogP) is 2.50. The molecule has 3 rings (SSSR count). The lowest BCUT2D eigenvalue weighted by Crippen LogP contribution is -2.28. The maximum Gasteiger partial charge on any atom is 0.125 e. The van der Waals surface area contributed by atoms with Gasteiger partial charge < -0.3 is 9.88 Å². The molecule has 1 unspecified atom stereocenters. The lowest BCUT2D eigenvalue weighted by atomic mass is 9.83. The van der Waals surface area contributed by atoms with E-state index in [4.69, 9.17) is 4.98 Å². The smallest absolute Gasteiger partial charge is 0.125 e. The van der Waals surface area contributed by atoms with E-state index >= 15 is 0 Å². The largest absolute Gasteiger partial charge is 0.336 e. The third-order valence-corrected chi connectivity index (χ3v) is 4.08. The van der Waals surface area contributed by atoms with Gasteiger partial charge in [0.25, 0.3) is 0 Å². The van der Waals surface area contributed by atoms with Gasteiger partial charge in [0.1, 0.15) is 5.82 Å². The molecule has 0 aromatic carbocycles. The Morgan fingerprint density at radius 1 is 1.25 bits per heavy atom. The quantitative estimate of drug-likeness (QED) is 0.828. The van der Waals surface area contributed by atoms with Gasteiger partial charge in [0.15, 0.2) is 0 Å². The minimum atomic E-state index is 0.493. The van der Waals surface area contributed by atoms with Crippen LogP contribution in [0.5, 0.6) is 0 Å². The van der Waals surface area contributed by atoms with Crippen LogP contribution >= 0.6 is 0 Å². The average molecular weight is 219 g/mol. The van der Waals surface area contributed by atoms with Gasteiger partial charge in [0, 0.05) is 19.2 Å². The third-order valence-electron chi connectivity index (χ3n) is 4.08. The first-order valence-corrected chi connectivity index (χ1v) is 6.61. The summed E-state index contributed by atoms with van der Waals surface area (Å²) in [6, 6.07) is 0.493. The highest BCUT2D eigenvalue weighted by Crippen LogP contribution is 2.36. The lowest BCUT2D eigenvalue weighted by molar-refractivity contribution is 0.386. The highest BCUT2D eigenvalue weighted by Gasteiger charge is 2.25. The lowest BCUT2D eigenvalue weighted by Gasteiger charge is -2.24. The van der Waals surface area contributed by atoms with Crippen molar-refractivity contribution >= 4 is 0 Å². The SMILES string of the molecule is Cn1cc(C2CCC2)nc1C1CCCCN1. The second kappa shape index (κ2) is 4.21. The number of imidazole rings is 1. The van der Waals surface area contributed by atoms with E-state index in [0.717, 1.165) is 12.5 Å². The topological polar surface area (TPSA) is 29.9 Å². The van der Waals surface area contributed by atoms with Gasteiger partial charge >= 0.3 is 0 Å². The van der Waals surface area contributed by atoms with Crippen LogP contribution in [0.3, 0.4) is 0 Å². The summed E-state index contributed by atoms with van der Waals surface area (Å²) in [6.45, 7) is 1.15. The van der Waals surface area contributed by atoms with Gasteiger partial charge in [-0.05, 0) is 32.2 Å². The Balaban J connectivity index is 1.79. The van der Waals surface area contributed by atoms with Crippen LogP contribution in [0.4, 0.5) is 0 Å². The van der Waals surface area contributed by atoms with Crippen LogP contribution in [0.25, 0.3) is 0 Å². The Morgan fingerprint density at radius 3 is 2.75 bits per heavy atom. The number of aryl methyl sites for hydroxylation is 1. The van der Waals surface area contributed by atoms with Crippen molar-refractivity contribution in [3.8, 4) is 0 Å². The number of rotatable bonds is 2. The van der Waals surface area contributed by atoms with E-state index in [1.807, 2.05) is 0 Å². The van der Waals surface area contributed by atoms with Crippen LogP contribution in [0, 0.1) is 0 Å². The first-order chi connectivity index (χ1) is 7.84. The molecular formula is C13H21N3. The van der Waals surface area contributed by atoms with Crippen LogP contribution in [-0.2, 0) is 7.05 Å². The summed E-state index contributed by atoms with van der Waals surface area (Å²) in [5, 5.41) is 3.58. The van der Waals surface area contributed by atoms with Gasteiger partial charge in [-0.1, -0.05) is 12.8 Å². The second-order valence-electron chi connectivity index (χ2n) is 5.27. The fraction of sp³-hybridized carbons (Fsp3) is 0.769. The van der Waals surface area contributed by atoms with E-state index in [2.05, 4.69) is 23.1 Å². The van der Waals surface area contributed by atoms with E-state index in [-0.39, 0.29) is 0 Å². The summed E-state index contributed by atoms with van der Waals surface area (Å²) in [5.74, 6) is 2.00. The van der Waals surface area contributed by atoms with Crippen molar-refractivity contribution in [2.45, 2.75) is 50.5 Å². The molecule has 1 N–H and O–H groups in total. The molecule has 2 heterocycles. The Bertz CT molecular complexity index is 359. The van der Waals surface area contributed by atoms with Crippen molar-refractivity contribution < 1.29 is 0 Å². The van der Waals surface area contributed by atoms with Gasteiger partial charge in [-0.25, -0.2) is 4.98 Å². The van der Waals surface area contributed by atoms with Crippen LogP contribution < -0.4 is 5.32 Å². The number of hydrogen-bond acceptors (Lipinski definition) is 2. The van der Waals surface area contributed by atoms with Crippen LogP contribution in [0.15, 0.2) is 6.20 Å². The van der Waals surface area contributed by atoms with Crippen LogP contribution in [-0.4, -0.2) is 16.1 Å². The van der Waals surface area contributed by atoms with Crippen molar-refractivity contribution in [3.05, 3.63) is 17.7 Å². The van der Waals surface area contributed by atoms with E-state index in [9.17, 15) is 0 Å². The summed E-state index contributed by atoms with van der Waals surface area (Å²) >= 11 is 0. The number of nitrogens with zero attached hydrogens (tertiary/aromatic N) is 2. The van der Waals surface area contributed by atoms with E-state index in [0.29, 0.717) is 6.04 Å². The molecule has 3 nitrogen and oxygen atoms in total. The monoisotopic (exact) mass is 219 g/mol. The zero-order valence-electron chi connectivity index (χ0n) is 10.1. The average Bonchev–Trinajstić information content (AvgIpc) is 2.59. The van der Waals surface area contributed by atoms with Crippen molar-refractivity contribution in [3.63, 3.8) is 0 Å². The number of nitrogens with one attached hydrogen (secondary N) is 1. The standard InChI is InChI=1S/C13H21N3/c1-16-9-12(10-5-4-6-10)15-13(16)11-7-2-3-8-14-11/h9-11,14H,2-8H2,1H3. The maximum atomic E-state index is 4.86. The highest BCUT2D eigenvalue weighted by molar-refractivity contribution is 5.14. The minimum absolute atomic E-state index is 0.493. The summed E-state index contributed by atoms with van der Waals surface area (Å²) in [7, 11) is 2.14. The molecule has 2 fully saturated rings. The molecule has 1 atom stereocenters. The molecule has 1 saturated carbocycles. The fourth-order valence-electron chi connectivity index (χ4n) is 2.80. The molecule has 2 aliphatic rings. The summed E-state index contributed by atoms with van der Waals surface area (Å²) < 4.78 is 2.23. The molecular weight excluding hydrogens is 198 g/mol. The van der Waals surface area contributed by atoms with E-state index in [1.165, 1.54) is 50.0 Å². The number of aromatic nitrogens is 2. The van der Waals surface area contributed by atoms with Gasteiger partial charge in [-0.2, -0.15) is 0 Å². The zero-order valence-corrected chi connectivity index (χ0v) is 10.1. The Hall–Kier alpha value is -0.830. The highest BCUT2D eigenvalue weighted by atomic mass is 15.1. The Labute approximate surface area is 97.3 Å². The van der Waals surface area contributed by atoms with Crippen molar-refractivity contribution in [1.82, 2.24) is 14.9 Å². The first-order valence-electron chi connectivity index (χ1n) is 6.61. The van der Waals surface area contributed by atoms with Crippen LogP contribution in [0.1, 0.15) is 62.0 Å². The summed E-state index contributed by atoms with van der Waals surface area (Å²) in [4.78, 5) is 4.86. The molecule has 1 aromatic heterocycles. The zero-order chi connectivity index (χ0) is 11.0. The molecule has 1 saturated heterocycles. The molecule has 1 aliphatic heterocycles. The first kappa shape index (κ1) is 10.3.